The van der Waals surface area contributed by atoms with Crippen molar-refractivity contribution in [2.75, 3.05) is 20.1 Å². The van der Waals surface area contributed by atoms with Gasteiger partial charge in [0.15, 0.2) is 0 Å². The molecule has 1 fully saturated rings. The van der Waals surface area contributed by atoms with E-state index in [9.17, 15) is 9.59 Å². The summed E-state index contributed by atoms with van der Waals surface area (Å²) in [6.45, 7) is 6.26. The van der Waals surface area contributed by atoms with E-state index in [2.05, 4.69) is 18.7 Å². The molecule has 1 unspecified atom stereocenters. The van der Waals surface area contributed by atoms with Gasteiger partial charge in [-0.2, -0.15) is 0 Å². The van der Waals surface area contributed by atoms with Crippen molar-refractivity contribution < 1.29 is 14.7 Å². The number of hydrogen-bond acceptors (Lipinski definition) is 4. The maximum absolute atomic E-state index is 12.0. The number of aliphatic carboxylic acids is 1. The van der Waals surface area contributed by atoms with Crippen LogP contribution in [-0.2, 0) is 9.59 Å². The summed E-state index contributed by atoms with van der Waals surface area (Å²) in [6.07, 6.45) is 1.52. The number of carboxylic acid groups (broad SMARTS) is 1. The number of likely N-dealkylation sites (tertiary alicyclic amines) is 1. The van der Waals surface area contributed by atoms with Gasteiger partial charge in [0, 0.05) is 32.2 Å². The fraction of sp³-hybridized carbons (Fsp3) is 0.846. The van der Waals surface area contributed by atoms with Gasteiger partial charge < -0.3 is 20.6 Å². The lowest BCUT2D eigenvalue weighted by Gasteiger charge is -2.39. The van der Waals surface area contributed by atoms with Gasteiger partial charge in [0.05, 0.1) is 12.5 Å². The summed E-state index contributed by atoms with van der Waals surface area (Å²) in [6, 6.07) is -0.246. The van der Waals surface area contributed by atoms with E-state index < -0.39 is 12.0 Å². The van der Waals surface area contributed by atoms with Crippen molar-refractivity contribution in [2.45, 2.75) is 51.2 Å². The van der Waals surface area contributed by atoms with Crippen LogP contribution in [0.25, 0.3) is 0 Å². The molecular weight excluding hydrogens is 246 g/mol. The topological polar surface area (TPSA) is 86.9 Å². The Labute approximate surface area is 114 Å². The quantitative estimate of drug-likeness (QED) is 0.741. The fourth-order valence-corrected chi connectivity index (χ4v) is 2.51. The van der Waals surface area contributed by atoms with E-state index in [0.29, 0.717) is 6.04 Å². The molecule has 0 bridgehead atoms. The zero-order valence-electron chi connectivity index (χ0n) is 12.0. The van der Waals surface area contributed by atoms with Gasteiger partial charge in [-0.25, -0.2) is 0 Å². The molecule has 0 aromatic heterocycles. The van der Waals surface area contributed by atoms with E-state index in [1.54, 1.807) is 11.9 Å². The summed E-state index contributed by atoms with van der Waals surface area (Å²) < 4.78 is 0. The number of carboxylic acids is 1. The van der Waals surface area contributed by atoms with Gasteiger partial charge in [-0.05, 0) is 26.7 Å². The number of likely N-dealkylation sites (N-methyl/N-ethyl adjacent to an activating group) is 1. The molecule has 6 nitrogen and oxygen atoms in total. The van der Waals surface area contributed by atoms with Crippen molar-refractivity contribution in [3.8, 4) is 0 Å². The van der Waals surface area contributed by atoms with Gasteiger partial charge >= 0.3 is 5.97 Å². The number of piperidine rings is 1. The van der Waals surface area contributed by atoms with Crippen LogP contribution in [0.5, 0.6) is 0 Å². The van der Waals surface area contributed by atoms with Crippen LogP contribution in [0.3, 0.4) is 0 Å². The highest BCUT2D eigenvalue weighted by molar-refractivity contribution is 5.86. The first kappa shape index (κ1) is 15.9. The zero-order chi connectivity index (χ0) is 14.6. The lowest BCUT2D eigenvalue weighted by atomic mass is 10.0. The van der Waals surface area contributed by atoms with E-state index >= 15 is 0 Å². The number of carbonyl (C=O) groups is 2. The van der Waals surface area contributed by atoms with E-state index in [1.807, 2.05) is 0 Å². The van der Waals surface area contributed by atoms with Gasteiger partial charge in [0.2, 0.25) is 5.91 Å². The number of carbonyl (C=O) groups excluding carboxylic acids is 1. The molecule has 3 N–H and O–H groups in total. The molecule has 1 aliphatic rings. The number of rotatable bonds is 5. The Morgan fingerprint density at radius 3 is 2.32 bits per heavy atom. The van der Waals surface area contributed by atoms with Crippen LogP contribution in [0.15, 0.2) is 0 Å². The molecule has 1 aliphatic heterocycles. The largest absolute Gasteiger partial charge is 0.481 e. The molecule has 110 valence electrons. The highest BCUT2D eigenvalue weighted by Crippen LogP contribution is 2.18. The van der Waals surface area contributed by atoms with Gasteiger partial charge in [0.1, 0.15) is 0 Å². The van der Waals surface area contributed by atoms with Crippen molar-refractivity contribution in [2.24, 2.45) is 5.73 Å². The Bertz CT molecular complexity index is 325. The second kappa shape index (κ2) is 6.86. The molecule has 0 radical (unpaired) electrons. The summed E-state index contributed by atoms with van der Waals surface area (Å²) in [5.74, 6) is -1.31. The maximum atomic E-state index is 12.0. The smallest absolute Gasteiger partial charge is 0.305 e. The van der Waals surface area contributed by atoms with Crippen LogP contribution in [-0.4, -0.2) is 65.0 Å². The number of nitrogens with zero attached hydrogens (tertiary/aromatic N) is 2. The average Bonchev–Trinajstić information content (AvgIpc) is 2.36. The van der Waals surface area contributed by atoms with Crippen molar-refractivity contribution in [3.05, 3.63) is 0 Å². The molecule has 1 amide bonds. The minimum absolute atomic E-state index is 0.169. The second-order valence-electron chi connectivity index (χ2n) is 5.51. The van der Waals surface area contributed by atoms with Crippen LogP contribution in [0.1, 0.15) is 33.1 Å². The Balaban J connectivity index is 2.48. The number of nitrogens with two attached hydrogens (primary N) is 1. The van der Waals surface area contributed by atoms with Crippen molar-refractivity contribution in [1.29, 1.82) is 0 Å². The summed E-state index contributed by atoms with van der Waals surface area (Å²) in [5.41, 5.74) is 5.62. The van der Waals surface area contributed by atoms with Crippen LogP contribution >= 0.6 is 0 Å². The molecule has 0 spiro atoms. The first-order chi connectivity index (χ1) is 8.82. The molecule has 19 heavy (non-hydrogen) atoms. The van der Waals surface area contributed by atoms with Crippen LogP contribution in [0, 0.1) is 0 Å². The lowest BCUT2D eigenvalue weighted by molar-refractivity contribution is -0.142. The molecule has 1 heterocycles. The van der Waals surface area contributed by atoms with Crippen LogP contribution in [0.4, 0.5) is 0 Å². The minimum Gasteiger partial charge on any atom is -0.481 e. The summed E-state index contributed by atoms with van der Waals surface area (Å²) in [7, 11) is 1.72. The third-order valence-electron chi connectivity index (χ3n) is 3.84. The van der Waals surface area contributed by atoms with E-state index in [4.69, 9.17) is 10.8 Å². The van der Waals surface area contributed by atoms with Crippen LogP contribution < -0.4 is 5.73 Å². The Morgan fingerprint density at radius 1 is 1.37 bits per heavy atom. The Kier molecular flexibility index (Phi) is 5.75. The summed E-state index contributed by atoms with van der Waals surface area (Å²) in [5, 5.41) is 8.66. The predicted octanol–water partition coefficient (Wildman–Crippen LogP) is 0.120. The normalized spacial score (nSPS) is 19.4. The molecule has 0 aromatic rings. The lowest BCUT2D eigenvalue weighted by Crippen LogP contribution is -2.51. The summed E-state index contributed by atoms with van der Waals surface area (Å²) in [4.78, 5) is 26.6. The van der Waals surface area contributed by atoms with Gasteiger partial charge in [-0.1, -0.05) is 0 Å². The predicted molar refractivity (Wildman–Crippen MR) is 72.7 cm³/mol. The molecular formula is C13H25N3O3. The van der Waals surface area contributed by atoms with E-state index in [1.165, 1.54) is 0 Å². The fourth-order valence-electron chi connectivity index (χ4n) is 2.51. The molecule has 0 aliphatic carbocycles. The molecule has 1 atom stereocenters. The van der Waals surface area contributed by atoms with Gasteiger partial charge in [-0.3, -0.25) is 9.59 Å². The van der Waals surface area contributed by atoms with Gasteiger partial charge in [0.25, 0.3) is 0 Å². The van der Waals surface area contributed by atoms with Crippen molar-refractivity contribution in [1.82, 2.24) is 9.80 Å². The monoisotopic (exact) mass is 271 g/mol. The zero-order valence-corrected chi connectivity index (χ0v) is 12.0. The van der Waals surface area contributed by atoms with Crippen molar-refractivity contribution >= 4 is 11.9 Å². The van der Waals surface area contributed by atoms with E-state index in [0.717, 1.165) is 25.9 Å². The second-order valence-corrected chi connectivity index (χ2v) is 5.51. The molecule has 1 saturated heterocycles. The molecule has 1 rings (SSSR count). The first-order valence-electron chi connectivity index (χ1n) is 6.81. The third kappa shape index (κ3) is 4.47. The Hall–Kier alpha value is -1.14. The number of hydrogen-bond donors (Lipinski definition) is 2. The minimum atomic E-state index is -1.04. The van der Waals surface area contributed by atoms with Gasteiger partial charge in [-0.15, -0.1) is 0 Å². The summed E-state index contributed by atoms with van der Waals surface area (Å²) >= 11 is 0. The molecule has 0 saturated carbocycles. The third-order valence-corrected chi connectivity index (χ3v) is 3.84. The average molecular weight is 271 g/mol. The SMILES string of the molecule is CC(C)N1CCC(N(C)C(=O)C(N)CC(=O)O)CC1. The maximum Gasteiger partial charge on any atom is 0.305 e. The highest BCUT2D eigenvalue weighted by Gasteiger charge is 2.29. The van der Waals surface area contributed by atoms with Crippen LogP contribution in [0.2, 0.25) is 0 Å². The number of amides is 1. The molecule has 0 aromatic carbocycles. The Morgan fingerprint density at radius 2 is 1.89 bits per heavy atom. The standard InChI is InChI=1S/C13H25N3O3/c1-9(2)16-6-4-10(5-7-16)15(3)13(19)11(14)8-12(17)18/h9-11H,4-8,14H2,1-3H3,(H,17,18). The van der Waals surface area contributed by atoms with E-state index in [-0.39, 0.29) is 18.4 Å². The van der Waals surface area contributed by atoms with Crippen molar-refractivity contribution in [3.63, 3.8) is 0 Å². The first-order valence-corrected chi connectivity index (χ1v) is 6.81. The molecule has 6 heteroatoms. The highest BCUT2D eigenvalue weighted by atomic mass is 16.4.